The largest absolute Gasteiger partial charge is 0.479 e. The molecule has 3 N–H and O–H groups in total. The first kappa shape index (κ1) is 10.6. The van der Waals surface area contributed by atoms with Crippen LogP contribution in [0, 0.1) is 0 Å². The van der Waals surface area contributed by atoms with E-state index >= 15 is 0 Å². The van der Waals surface area contributed by atoms with Crippen molar-refractivity contribution in [1.82, 2.24) is 0 Å². The zero-order valence-corrected chi connectivity index (χ0v) is 3.53. The van der Waals surface area contributed by atoms with Crippen LogP contribution in [-0.4, -0.2) is 45.0 Å². The lowest BCUT2D eigenvalue weighted by Gasteiger charge is -1.95. The van der Waals surface area contributed by atoms with Crippen LogP contribution < -0.4 is 0 Å². The summed E-state index contributed by atoms with van der Waals surface area (Å²) in [6, 6.07) is 0. The number of hydrogen-bond donors (Lipinski definition) is 3. The molecule has 0 saturated carbocycles. The van der Waals surface area contributed by atoms with Crippen LogP contribution in [0.2, 0.25) is 0 Å². The molecular formula is C3H10O4Si. The van der Waals surface area contributed by atoms with Crippen molar-refractivity contribution in [1.29, 1.82) is 0 Å². The summed E-state index contributed by atoms with van der Waals surface area (Å²) >= 11 is 0. The second kappa shape index (κ2) is 4.76. The molecule has 0 aliphatic rings. The van der Waals surface area contributed by atoms with Crippen molar-refractivity contribution in [2.24, 2.45) is 0 Å². The molecule has 5 heteroatoms. The number of carbonyl (C=O) groups is 1. The van der Waals surface area contributed by atoms with E-state index in [1.54, 1.807) is 0 Å². The quantitative estimate of drug-likeness (QED) is 0.355. The minimum Gasteiger partial charge on any atom is -0.479 e. The highest BCUT2D eigenvalue weighted by molar-refractivity contribution is 5.75. The lowest BCUT2D eigenvalue weighted by Crippen LogP contribution is -2.22. The number of hydrogen-bond acceptors (Lipinski definition) is 3. The monoisotopic (exact) mass is 138 g/mol. The topological polar surface area (TPSA) is 77.8 Å². The first-order valence-corrected chi connectivity index (χ1v) is 1.70. The standard InChI is InChI=1S/C3H6O4.H4Si/c4-1-2(5)3(6)7;/h2,4-5H,1H2,(H,6,7);1H4. The van der Waals surface area contributed by atoms with Gasteiger partial charge >= 0.3 is 5.97 Å². The molecule has 1 atom stereocenters. The molecule has 4 nitrogen and oxygen atoms in total. The van der Waals surface area contributed by atoms with Crippen molar-refractivity contribution >= 4 is 16.9 Å². The van der Waals surface area contributed by atoms with E-state index < -0.39 is 18.7 Å². The predicted molar refractivity (Wildman–Crippen MR) is 32.1 cm³/mol. The van der Waals surface area contributed by atoms with E-state index in [-0.39, 0.29) is 11.0 Å². The van der Waals surface area contributed by atoms with Crippen molar-refractivity contribution in [2.45, 2.75) is 6.10 Å². The number of aliphatic carboxylic acids is 1. The highest BCUT2D eigenvalue weighted by atomic mass is 28.1. The molecule has 0 spiro atoms. The van der Waals surface area contributed by atoms with Crippen molar-refractivity contribution in [3.63, 3.8) is 0 Å². The Hall–Kier alpha value is -0.393. The van der Waals surface area contributed by atoms with E-state index in [4.69, 9.17) is 15.3 Å². The smallest absolute Gasteiger partial charge is 0.334 e. The maximum absolute atomic E-state index is 9.52. The number of carboxylic acids is 1. The Bertz CT molecular complexity index is 73.7. The van der Waals surface area contributed by atoms with E-state index in [0.29, 0.717) is 0 Å². The summed E-state index contributed by atoms with van der Waals surface area (Å²) in [6.45, 7) is -0.727. The molecular weight excluding hydrogens is 128 g/mol. The third-order valence-corrected chi connectivity index (χ3v) is 0.458. The Morgan fingerprint density at radius 2 is 2.00 bits per heavy atom. The molecule has 0 aromatic heterocycles. The predicted octanol–water partition coefficient (Wildman–Crippen LogP) is -3.03. The van der Waals surface area contributed by atoms with Crippen LogP contribution in [0.3, 0.4) is 0 Å². The van der Waals surface area contributed by atoms with Crippen LogP contribution in [0.25, 0.3) is 0 Å². The number of aliphatic hydroxyl groups excluding tert-OH is 2. The summed E-state index contributed by atoms with van der Waals surface area (Å²) in [4.78, 5) is 9.52. The van der Waals surface area contributed by atoms with Crippen molar-refractivity contribution in [2.75, 3.05) is 6.61 Å². The molecule has 0 bridgehead atoms. The van der Waals surface area contributed by atoms with E-state index in [0.717, 1.165) is 0 Å². The molecule has 0 aliphatic carbocycles. The zero-order valence-electron chi connectivity index (χ0n) is 3.53. The fourth-order valence-electron chi connectivity index (χ4n) is 0.0781. The summed E-state index contributed by atoms with van der Waals surface area (Å²) < 4.78 is 0. The van der Waals surface area contributed by atoms with Gasteiger partial charge in [-0.25, -0.2) is 4.79 Å². The van der Waals surface area contributed by atoms with Gasteiger partial charge < -0.3 is 15.3 Å². The average Bonchev–Trinajstić information content (AvgIpc) is 1.65. The van der Waals surface area contributed by atoms with E-state index in [2.05, 4.69) is 0 Å². The van der Waals surface area contributed by atoms with E-state index in [1.165, 1.54) is 0 Å². The van der Waals surface area contributed by atoms with Gasteiger partial charge in [-0.3, -0.25) is 0 Å². The van der Waals surface area contributed by atoms with Crippen molar-refractivity contribution in [3.05, 3.63) is 0 Å². The van der Waals surface area contributed by atoms with Crippen LogP contribution in [0.5, 0.6) is 0 Å². The molecule has 1 unspecified atom stereocenters. The van der Waals surface area contributed by atoms with Gasteiger partial charge in [0.2, 0.25) is 0 Å². The van der Waals surface area contributed by atoms with Gasteiger partial charge in [-0.15, -0.1) is 0 Å². The molecule has 0 rings (SSSR count). The maximum atomic E-state index is 9.52. The summed E-state index contributed by atoms with van der Waals surface area (Å²) in [6.07, 6.45) is -1.63. The third-order valence-electron chi connectivity index (χ3n) is 0.458. The Kier molecular flexibility index (Phi) is 6.28. The Labute approximate surface area is 50.8 Å². The molecule has 0 aromatic carbocycles. The first-order valence-electron chi connectivity index (χ1n) is 1.70. The fraction of sp³-hybridized carbons (Fsp3) is 0.667. The van der Waals surface area contributed by atoms with Gasteiger partial charge in [-0.2, -0.15) is 0 Å². The van der Waals surface area contributed by atoms with Gasteiger partial charge in [0.25, 0.3) is 0 Å². The number of carboxylic acid groups (broad SMARTS) is 1. The highest BCUT2D eigenvalue weighted by Gasteiger charge is 2.08. The lowest BCUT2D eigenvalue weighted by atomic mass is 10.4. The Morgan fingerprint density at radius 3 is 2.00 bits per heavy atom. The molecule has 0 aromatic rings. The van der Waals surface area contributed by atoms with Crippen LogP contribution in [-0.2, 0) is 4.79 Å². The average molecular weight is 138 g/mol. The molecule has 8 heavy (non-hydrogen) atoms. The van der Waals surface area contributed by atoms with E-state index in [9.17, 15) is 4.79 Å². The van der Waals surface area contributed by atoms with Gasteiger partial charge in [0.05, 0.1) is 6.61 Å². The summed E-state index contributed by atoms with van der Waals surface area (Å²) in [5.74, 6) is -1.40. The molecule has 50 valence electrons. The van der Waals surface area contributed by atoms with Crippen LogP contribution in [0.4, 0.5) is 0 Å². The van der Waals surface area contributed by atoms with Gasteiger partial charge in [0, 0.05) is 0 Å². The lowest BCUT2D eigenvalue weighted by molar-refractivity contribution is -0.148. The fourth-order valence-corrected chi connectivity index (χ4v) is 0.0781. The molecule has 0 fully saturated rings. The van der Waals surface area contributed by atoms with Crippen LogP contribution in [0.1, 0.15) is 0 Å². The Balaban J connectivity index is 0. The normalized spacial score (nSPS) is 11.8. The first-order chi connectivity index (χ1) is 3.18. The minimum absolute atomic E-state index is 0. The van der Waals surface area contributed by atoms with Crippen LogP contribution >= 0.6 is 0 Å². The van der Waals surface area contributed by atoms with Gasteiger partial charge in [-0.05, 0) is 11.0 Å². The van der Waals surface area contributed by atoms with Crippen LogP contribution in [0.15, 0.2) is 0 Å². The highest BCUT2D eigenvalue weighted by Crippen LogP contribution is 1.75. The number of rotatable bonds is 2. The Morgan fingerprint density at radius 1 is 1.62 bits per heavy atom. The number of aliphatic hydroxyl groups is 2. The molecule has 0 radical (unpaired) electrons. The van der Waals surface area contributed by atoms with Crippen molar-refractivity contribution in [3.8, 4) is 0 Å². The molecule has 0 amide bonds. The maximum Gasteiger partial charge on any atom is 0.334 e. The second-order valence-electron chi connectivity index (χ2n) is 1.04. The second-order valence-corrected chi connectivity index (χ2v) is 1.04. The molecule has 0 aliphatic heterocycles. The van der Waals surface area contributed by atoms with Gasteiger partial charge in [0.1, 0.15) is 0 Å². The van der Waals surface area contributed by atoms with Gasteiger partial charge in [-0.1, -0.05) is 0 Å². The summed E-state index contributed by atoms with van der Waals surface area (Å²) in [7, 11) is 0. The van der Waals surface area contributed by atoms with E-state index in [1.807, 2.05) is 0 Å². The zero-order chi connectivity index (χ0) is 5.86. The summed E-state index contributed by atoms with van der Waals surface area (Å²) in [5, 5.41) is 23.7. The SMILES string of the molecule is O=C(O)C(O)CO.[SiH4]. The molecule has 0 heterocycles. The summed E-state index contributed by atoms with van der Waals surface area (Å²) in [5.41, 5.74) is 0. The van der Waals surface area contributed by atoms with Gasteiger partial charge in [0.15, 0.2) is 6.10 Å². The molecule has 0 saturated heterocycles. The van der Waals surface area contributed by atoms with Crippen molar-refractivity contribution < 1.29 is 20.1 Å². The minimum atomic E-state index is -1.63. The third kappa shape index (κ3) is 3.79.